The average molecular weight is 330 g/mol. The molecule has 2 aliphatic rings. The fraction of sp³-hybridized carbons (Fsp3) is 0.650. The van der Waals surface area contributed by atoms with Crippen LogP contribution in [-0.4, -0.2) is 43.1 Å². The minimum atomic E-state index is -0.0280. The van der Waals surface area contributed by atoms with E-state index in [1.165, 1.54) is 31.4 Å². The molecule has 1 atom stereocenters. The van der Waals surface area contributed by atoms with Crippen LogP contribution >= 0.6 is 0 Å². The molecule has 4 heteroatoms. The Balaban J connectivity index is 1.36. The molecule has 1 aliphatic heterocycles. The lowest BCUT2D eigenvalue weighted by atomic mass is 9.87. The van der Waals surface area contributed by atoms with Crippen LogP contribution in [-0.2, 0) is 10.2 Å². The van der Waals surface area contributed by atoms with Gasteiger partial charge in [0.15, 0.2) is 6.61 Å². The van der Waals surface area contributed by atoms with Gasteiger partial charge in [-0.15, -0.1) is 0 Å². The van der Waals surface area contributed by atoms with Gasteiger partial charge in [-0.1, -0.05) is 32.9 Å². The second kappa shape index (κ2) is 7.14. The second-order valence-corrected chi connectivity index (χ2v) is 8.25. The Morgan fingerprint density at radius 2 is 1.92 bits per heavy atom. The number of hydrogen-bond acceptors (Lipinski definition) is 3. The van der Waals surface area contributed by atoms with Crippen molar-refractivity contribution in [2.45, 2.75) is 51.5 Å². The van der Waals surface area contributed by atoms with Gasteiger partial charge in [-0.3, -0.25) is 4.79 Å². The molecule has 4 nitrogen and oxygen atoms in total. The van der Waals surface area contributed by atoms with Crippen molar-refractivity contribution in [1.29, 1.82) is 0 Å². The maximum atomic E-state index is 12.0. The molecule has 24 heavy (non-hydrogen) atoms. The topological polar surface area (TPSA) is 41.6 Å². The van der Waals surface area contributed by atoms with Crippen LogP contribution in [0.25, 0.3) is 0 Å². The summed E-state index contributed by atoms with van der Waals surface area (Å²) in [6.45, 7) is 9.75. The highest BCUT2D eigenvalue weighted by atomic mass is 16.5. The molecule has 1 aromatic carbocycles. The normalized spacial score (nSPS) is 21.7. The first kappa shape index (κ1) is 17.3. The quantitative estimate of drug-likeness (QED) is 0.872. The van der Waals surface area contributed by atoms with Crippen LogP contribution in [0.1, 0.15) is 45.6 Å². The van der Waals surface area contributed by atoms with E-state index in [0.717, 1.165) is 24.9 Å². The number of amides is 1. The molecule has 1 aliphatic carbocycles. The summed E-state index contributed by atoms with van der Waals surface area (Å²) in [5, 5.41) is 3.02. The number of likely N-dealkylation sites (tertiary alicyclic amines) is 1. The van der Waals surface area contributed by atoms with Crippen molar-refractivity contribution in [2.75, 3.05) is 26.2 Å². The molecule has 1 saturated carbocycles. The van der Waals surface area contributed by atoms with E-state index in [2.05, 4.69) is 43.1 Å². The van der Waals surface area contributed by atoms with Crippen molar-refractivity contribution in [2.24, 2.45) is 5.92 Å². The smallest absolute Gasteiger partial charge is 0.257 e. The van der Waals surface area contributed by atoms with Crippen LogP contribution in [0, 0.1) is 5.92 Å². The molecule has 0 aromatic heterocycles. The first-order valence-corrected chi connectivity index (χ1v) is 9.16. The van der Waals surface area contributed by atoms with Gasteiger partial charge in [0, 0.05) is 19.1 Å². The van der Waals surface area contributed by atoms with Crippen LogP contribution in [0.15, 0.2) is 24.3 Å². The van der Waals surface area contributed by atoms with Gasteiger partial charge in [0.1, 0.15) is 5.75 Å². The molecule has 1 amide bonds. The van der Waals surface area contributed by atoms with Gasteiger partial charge >= 0.3 is 0 Å². The van der Waals surface area contributed by atoms with Gasteiger partial charge in [0.2, 0.25) is 0 Å². The van der Waals surface area contributed by atoms with Crippen LogP contribution in [0.3, 0.4) is 0 Å². The van der Waals surface area contributed by atoms with E-state index in [9.17, 15) is 4.79 Å². The summed E-state index contributed by atoms with van der Waals surface area (Å²) in [6, 6.07) is 8.86. The molecular weight excluding hydrogens is 300 g/mol. The molecule has 132 valence electrons. The van der Waals surface area contributed by atoms with Gasteiger partial charge in [-0.2, -0.15) is 0 Å². The molecule has 1 N–H and O–H groups in total. The lowest BCUT2D eigenvalue weighted by molar-refractivity contribution is -0.123. The predicted octanol–water partition coefficient (Wildman–Crippen LogP) is 2.96. The third kappa shape index (κ3) is 4.73. The van der Waals surface area contributed by atoms with E-state index in [1.807, 2.05) is 12.1 Å². The fourth-order valence-electron chi connectivity index (χ4n) is 3.31. The van der Waals surface area contributed by atoms with E-state index >= 15 is 0 Å². The zero-order valence-electron chi connectivity index (χ0n) is 15.2. The third-order valence-electron chi connectivity index (χ3n) is 5.06. The van der Waals surface area contributed by atoms with Crippen molar-refractivity contribution < 1.29 is 9.53 Å². The Labute approximate surface area is 145 Å². The van der Waals surface area contributed by atoms with Crippen LogP contribution in [0.2, 0.25) is 0 Å². The maximum absolute atomic E-state index is 12.0. The third-order valence-corrected chi connectivity index (χ3v) is 5.06. The molecule has 3 rings (SSSR count). The molecule has 1 unspecified atom stereocenters. The standard InChI is InChI=1S/C20H30N2O2/c1-20(2,3)16-4-8-18(9-5-16)24-14-19(23)21-12-15-10-11-22(13-15)17-6-7-17/h4-5,8-9,15,17H,6-7,10-14H2,1-3H3,(H,21,23). The summed E-state index contributed by atoms with van der Waals surface area (Å²) in [5.74, 6) is 1.32. The Morgan fingerprint density at radius 1 is 1.21 bits per heavy atom. The highest BCUT2D eigenvalue weighted by Crippen LogP contribution is 2.31. The average Bonchev–Trinajstić information content (AvgIpc) is 3.29. The van der Waals surface area contributed by atoms with Crippen LogP contribution in [0.5, 0.6) is 5.75 Å². The minimum Gasteiger partial charge on any atom is -0.484 e. The minimum absolute atomic E-state index is 0.0280. The zero-order chi connectivity index (χ0) is 17.2. The number of benzene rings is 1. The van der Waals surface area contributed by atoms with Crippen molar-refractivity contribution >= 4 is 5.91 Å². The van der Waals surface area contributed by atoms with E-state index in [0.29, 0.717) is 5.92 Å². The van der Waals surface area contributed by atoms with Gasteiger partial charge in [-0.05, 0) is 54.8 Å². The van der Waals surface area contributed by atoms with Gasteiger partial charge in [0.25, 0.3) is 5.91 Å². The largest absolute Gasteiger partial charge is 0.484 e. The first-order valence-electron chi connectivity index (χ1n) is 9.16. The molecule has 0 bridgehead atoms. The summed E-state index contributed by atoms with van der Waals surface area (Å²) >= 11 is 0. The van der Waals surface area contributed by atoms with Crippen molar-refractivity contribution in [3.05, 3.63) is 29.8 Å². The summed E-state index contributed by atoms with van der Waals surface area (Å²) < 4.78 is 5.60. The SMILES string of the molecule is CC(C)(C)c1ccc(OCC(=O)NCC2CCN(C3CC3)C2)cc1. The van der Waals surface area contributed by atoms with Crippen LogP contribution < -0.4 is 10.1 Å². The van der Waals surface area contributed by atoms with Crippen molar-refractivity contribution in [1.82, 2.24) is 10.2 Å². The second-order valence-electron chi connectivity index (χ2n) is 8.25. The zero-order valence-corrected chi connectivity index (χ0v) is 15.2. The number of hydrogen-bond donors (Lipinski definition) is 1. The summed E-state index contributed by atoms with van der Waals surface area (Å²) in [7, 11) is 0. The molecular formula is C20H30N2O2. The Hall–Kier alpha value is -1.55. The summed E-state index contributed by atoms with van der Waals surface area (Å²) in [6.07, 6.45) is 3.92. The molecule has 2 fully saturated rings. The Kier molecular flexibility index (Phi) is 5.14. The fourth-order valence-corrected chi connectivity index (χ4v) is 3.31. The number of rotatable bonds is 6. The van der Waals surface area contributed by atoms with E-state index in [1.54, 1.807) is 0 Å². The lowest BCUT2D eigenvalue weighted by Crippen LogP contribution is -2.34. The highest BCUT2D eigenvalue weighted by molar-refractivity contribution is 5.77. The maximum Gasteiger partial charge on any atom is 0.257 e. The van der Waals surface area contributed by atoms with E-state index in [-0.39, 0.29) is 17.9 Å². The molecule has 1 saturated heterocycles. The van der Waals surface area contributed by atoms with Gasteiger partial charge < -0.3 is 15.0 Å². The summed E-state index contributed by atoms with van der Waals surface area (Å²) in [5.41, 5.74) is 1.40. The first-order chi connectivity index (χ1) is 11.4. The van der Waals surface area contributed by atoms with Crippen molar-refractivity contribution in [3.63, 3.8) is 0 Å². The molecule has 0 spiro atoms. The molecule has 0 radical (unpaired) electrons. The molecule has 1 heterocycles. The number of carbonyl (C=O) groups is 1. The Morgan fingerprint density at radius 3 is 2.54 bits per heavy atom. The monoisotopic (exact) mass is 330 g/mol. The van der Waals surface area contributed by atoms with Gasteiger partial charge in [-0.25, -0.2) is 0 Å². The number of nitrogens with zero attached hydrogens (tertiary/aromatic N) is 1. The lowest BCUT2D eigenvalue weighted by Gasteiger charge is -2.19. The van der Waals surface area contributed by atoms with Crippen LogP contribution in [0.4, 0.5) is 0 Å². The van der Waals surface area contributed by atoms with E-state index in [4.69, 9.17) is 4.74 Å². The highest BCUT2D eigenvalue weighted by Gasteiger charge is 2.34. The number of ether oxygens (including phenoxy) is 1. The number of nitrogens with one attached hydrogen (secondary N) is 1. The van der Waals surface area contributed by atoms with E-state index < -0.39 is 0 Å². The predicted molar refractivity (Wildman–Crippen MR) is 96.3 cm³/mol. The van der Waals surface area contributed by atoms with Gasteiger partial charge in [0.05, 0.1) is 0 Å². The molecule has 1 aromatic rings. The number of carbonyl (C=O) groups excluding carboxylic acids is 1. The summed E-state index contributed by atoms with van der Waals surface area (Å²) in [4.78, 5) is 14.6. The Bertz CT molecular complexity index is 558. The van der Waals surface area contributed by atoms with Crippen molar-refractivity contribution in [3.8, 4) is 5.75 Å².